The molecule has 1 aromatic rings. The molecule has 0 aliphatic rings. The van der Waals surface area contributed by atoms with Crippen molar-refractivity contribution in [2.24, 2.45) is 0 Å². The van der Waals surface area contributed by atoms with Crippen molar-refractivity contribution < 1.29 is 14.3 Å². The fourth-order valence-electron chi connectivity index (χ4n) is 1.56. The Morgan fingerprint density at radius 3 is 2.55 bits per heavy atom. The molecule has 0 N–H and O–H groups in total. The number of carbonyl (C=O) groups is 1. The Labute approximate surface area is 121 Å². The molecule has 110 valence electrons. The van der Waals surface area contributed by atoms with Gasteiger partial charge in [0.2, 0.25) is 5.91 Å². The molecule has 0 aliphatic heterocycles. The normalized spacial score (nSPS) is 10.4. The van der Waals surface area contributed by atoms with E-state index in [0.717, 1.165) is 11.3 Å². The second-order valence-electron chi connectivity index (χ2n) is 4.85. The van der Waals surface area contributed by atoms with Crippen LogP contribution in [0.1, 0.15) is 19.4 Å². The molecule has 0 spiro atoms. The maximum absolute atomic E-state index is 11.8. The van der Waals surface area contributed by atoms with E-state index < -0.39 is 0 Å². The van der Waals surface area contributed by atoms with Crippen LogP contribution in [-0.2, 0) is 16.1 Å². The fraction of sp³-hybridized carbons (Fsp3) is 0.438. The Morgan fingerprint density at radius 2 is 2.00 bits per heavy atom. The highest BCUT2D eigenvalue weighted by molar-refractivity contribution is 5.77. The number of likely N-dealkylation sites (N-methyl/N-ethyl adjacent to an activating group) is 1. The minimum atomic E-state index is -0.0225. The van der Waals surface area contributed by atoms with Gasteiger partial charge in [-0.05, 0) is 31.5 Å². The van der Waals surface area contributed by atoms with Gasteiger partial charge in [0, 0.05) is 13.6 Å². The van der Waals surface area contributed by atoms with Crippen molar-refractivity contribution in [3.8, 4) is 5.75 Å². The molecular formula is C16H23NO3. The number of amides is 1. The molecule has 0 heterocycles. The molecule has 20 heavy (non-hydrogen) atoms. The zero-order valence-electron chi connectivity index (χ0n) is 12.5. The number of benzene rings is 1. The van der Waals surface area contributed by atoms with Gasteiger partial charge in [0.25, 0.3) is 0 Å². The first-order chi connectivity index (χ1) is 9.52. The van der Waals surface area contributed by atoms with Crippen molar-refractivity contribution >= 4 is 5.91 Å². The topological polar surface area (TPSA) is 38.8 Å². The molecule has 1 rings (SSSR count). The highest BCUT2D eigenvalue weighted by atomic mass is 16.5. The summed E-state index contributed by atoms with van der Waals surface area (Å²) in [4.78, 5) is 13.5. The molecule has 1 amide bonds. The number of rotatable bonds is 8. The lowest BCUT2D eigenvalue weighted by atomic mass is 10.2. The number of ether oxygens (including phenoxy) is 2. The summed E-state index contributed by atoms with van der Waals surface area (Å²) in [5, 5.41) is 0. The van der Waals surface area contributed by atoms with Crippen molar-refractivity contribution in [2.75, 3.05) is 20.3 Å². The van der Waals surface area contributed by atoms with Crippen LogP contribution in [0, 0.1) is 0 Å². The van der Waals surface area contributed by atoms with Gasteiger partial charge >= 0.3 is 0 Å². The van der Waals surface area contributed by atoms with Gasteiger partial charge in [-0.15, -0.1) is 0 Å². The third-order valence-corrected chi connectivity index (χ3v) is 2.68. The van der Waals surface area contributed by atoms with E-state index in [2.05, 4.69) is 6.58 Å². The van der Waals surface area contributed by atoms with Crippen LogP contribution in [0.2, 0.25) is 0 Å². The summed E-state index contributed by atoms with van der Waals surface area (Å²) in [6.07, 6.45) is 1.77. The van der Waals surface area contributed by atoms with E-state index in [1.165, 1.54) is 0 Å². The SMILES string of the molecule is C=CCOc1ccc(CN(C)C(=O)COC(C)C)cc1. The highest BCUT2D eigenvalue weighted by Gasteiger charge is 2.10. The average Bonchev–Trinajstić information content (AvgIpc) is 2.43. The first-order valence-corrected chi connectivity index (χ1v) is 6.71. The van der Waals surface area contributed by atoms with Crippen molar-refractivity contribution in [1.82, 2.24) is 4.90 Å². The summed E-state index contributed by atoms with van der Waals surface area (Å²) < 4.78 is 10.7. The van der Waals surface area contributed by atoms with E-state index in [4.69, 9.17) is 9.47 Å². The second kappa shape index (κ2) is 8.38. The van der Waals surface area contributed by atoms with Crippen LogP contribution >= 0.6 is 0 Å². The van der Waals surface area contributed by atoms with Gasteiger partial charge in [-0.3, -0.25) is 4.79 Å². The maximum Gasteiger partial charge on any atom is 0.248 e. The average molecular weight is 277 g/mol. The van der Waals surface area contributed by atoms with Crippen LogP contribution in [0.5, 0.6) is 5.75 Å². The predicted molar refractivity (Wildman–Crippen MR) is 79.7 cm³/mol. The molecule has 4 heteroatoms. The summed E-state index contributed by atoms with van der Waals surface area (Å²) in [5.41, 5.74) is 1.05. The standard InChI is InChI=1S/C16H23NO3/c1-5-10-19-15-8-6-14(7-9-15)11-17(4)16(18)12-20-13(2)3/h5-9,13H,1,10-12H2,2-4H3. The summed E-state index contributed by atoms with van der Waals surface area (Å²) >= 11 is 0. The summed E-state index contributed by atoms with van der Waals surface area (Å²) in [6.45, 7) is 8.59. The van der Waals surface area contributed by atoms with Crippen LogP contribution in [0.15, 0.2) is 36.9 Å². The second-order valence-corrected chi connectivity index (χ2v) is 4.85. The molecule has 0 aliphatic carbocycles. The summed E-state index contributed by atoms with van der Waals surface area (Å²) in [7, 11) is 1.77. The van der Waals surface area contributed by atoms with Gasteiger partial charge in [-0.2, -0.15) is 0 Å². The molecule has 0 fully saturated rings. The quantitative estimate of drug-likeness (QED) is 0.686. The lowest BCUT2D eigenvalue weighted by Gasteiger charge is -2.18. The number of hydrogen-bond donors (Lipinski definition) is 0. The first-order valence-electron chi connectivity index (χ1n) is 6.71. The highest BCUT2D eigenvalue weighted by Crippen LogP contribution is 2.13. The van der Waals surface area contributed by atoms with Gasteiger partial charge in [-0.25, -0.2) is 0 Å². The van der Waals surface area contributed by atoms with Gasteiger partial charge in [0.1, 0.15) is 19.0 Å². The van der Waals surface area contributed by atoms with Crippen molar-refractivity contribution in [3.63, 3.8) is 0 Å². The smallest absolute Gasteiger partial charge is 0.248 e. The maximum atomic E-state index is 11.8. The number of nitrogens with zero attached hydrogens (tertiary/aromatic N) is 1. The number of carbonyl (C=O) groups excluding carboxylic acids is 1. The van der Waals surface area contributed by atoms with Crippen molar-refractivity contribution in [1.29, 1.82) is 0 Å². The largest absolute Gasteiger partial charge is 0.490 e. The van der Waals surface area contributed by atoms with E-state index >= 15 is 0 Å². The molecule has 1 aromatic carbocycles. The van der Waals surface area contributed by atoms with E-state index in [1.54, 1.807) is 18.0 Å². The number of hydrogen-bond acceptors (Lipinski definition) is 3. The monoisotopic (exact) mass is 277 g/mol. The van der Waals surface area contributed by atoms with E-state index in [1.807, 2.05) is 38.1 Å². The molecule has 0 unspecified atom stereocenters. The zero-order chi connectivity index (χ0) is 15.0. The van der Waals surface area contributed by atoms with Gasteiger partial charge < -0.3 is 14.4 Å². The zero-order valence-corrected chi connectivity index (χ0v) is 12.5. The third kappa shape index (κ3) is 5.89. The molecule has 0 saturated carbocycles. The minimum absolute atomic E-state index is 0.0225. The van der Waals surface area contributed by atoms with E-state index in [0.29, 0.717) is 13.2 Å². The molecule has 0 aromatic heterocycles. The summed E-state index contributed by atoms with van der Waals surface area (Å²) in [6, 6.07) is 7.68. The van der Waals surface area contributed by atoms with Gasteiger partial charge in [0.15, 0.2) is 0 Å². The third-order valence-electron chi connectivity index (χ3n) is 2.68. The van der Waals surface area contributed by atoms with E-state index in [-0.39, 0.29) is 18.6 Å². The molecular weight excluding hydrogens is 254 g/mol. The lowest BCUT2D eigenvalue weighted by Crippen LogP contribution is -2.30. The Hall–Kier alpha value is -1.81. The first kappa shape index (κ1) is 16.2. The van der Waals surface area contributed by atoms with Crippen LogP contribution < -0.4 is 4.74 Å². The van der Waals surface area contributed by atoms with Crippen molar-refractivity contribution in [2.45, 2.75) is 26.5 Å². The van der Waals surface area contributed by atoms with Crippen LogP contribution in [0.3, 0.4) is 0 Å². The van der Waals surface area contributed by atoms with Crippen molar-refractivity contribution in [3.05, 3.63) is 42.5 Å². The molecule has 0 radical (unpaired) electrons. The van der Waals surface area contributed by atoms with E-state index in [9.17, 15) is 4.79 Å². The Balaban J connectivity index is 2.46. The molecule has 0 atom stereocenters. The minimum Gasteiger partial charge on any atom is -0.490 e. The summed E-state index contributed by atoms with van der Waals surface area (Å²) in [5.74, 6) is 0.774. The molecule has 4 nitrogen and oxygen atoms in total. The van der Waals surface area contributed by atoms with Gasteiger partial charge in [-0.1, -0.05) is 24.8 Å². The Morgan fingerprint density at radius 1 is 1.35 bits per heavy atom. The molecule has 0 bridgehead atoms. The van der Waals surface area contributed by atoms with Gasteiger partial charge in [0.05, 0.1) is 6.10 Å². The Kier molecular flexibility index (Phi) is 6.81. The van der Waals surface area contributed by atoms with Crippen LogP contribution in [-0.4, -0.2) is 37.2 Å². The molecule has 0 saturated heterocycles. The fourth-order valence-corrected chi connectivity index (χ4v) is 1.56. The lowest BCUT2D eigenvalue weighted by molar-refractivity contribution is -0.136. The van der Waals surface area contributed by atoms with Crippen LogP contribution in [0.25, 0.3) is 0 Å². The predicted octanol–water partition coefficient (Wildman–Crippen LogP) is 2.63. The Bertz CT molecular complexity index is 426. The van der Waals surface area contributed by atoms with Crippen LogP contribution in [0.4, 0.5) is 0 Å².